The summed E-state index contributed by atoms with van der Waals surface area (Å²) in [5, 5.41) is 2.04. The van der Waals surface area contributed by atoms with Crippen molar-refractivity contribution >= 4 is 5.91 Å². The summed E-state index contributed by atoms with van der Waals surface area (Å²) in [6.07, 6.45) is -3.20. The molecule has 0 aliphatic rings. The van der Waals surface area contributed by atoms with Crippen LogP contribution in [0.4, 0.5) is 13.2 Å². The molecule has 2 aromatic rings. The van der Waals surface area contributed by atoms with Crippen LogP contribution in [0.15, 0.2) is 43.0 Å². The van der Waals surface area contributed by atoms with Crippen molar-refractivity contribution in [3.8, 4) is 11.5 Å². The highest BCUT2D eigenvalue weighted by Crippen LogP contribution is 2.40. The van der Waals surface area contributed by atoms with Crippen LogP contribution in [-0.2, 0) is 16.0 Å². The molecule has 0 saturated carbocycles. The van der Waals surface area contributed by atoms with Gasteiger partial charge in [-0.3, -0.25) is 4.79 Å². The standard InChI is InChI=1S/C28H36F3NO4/c1-9-27(6,16-15-22-19(4)23(34-7)17(2)18(3)24(22)35-8)36-25(21-13-11-10-12-14-21)20(5)32-26(33)28(29,30)31/h9-14,20,25H,1,15-16H2,2-8H3,(H,32,33)/t20-,25+,27-/m1/s1. The molecule has 5 nitrogen and oxygen atoms in total. The van der Waals surface area contributed by atoms with Gasteiger partial charge in [-0.05, 0) is 69.7 Å². The Kier molecular flexibility index (Phi) is 9.60. The zero-order valence-electron chi connectivity index (χ0n) is 22.0. The number of nitrogens with one attached hydrogen (secondary N) is 1. The Hall–Kier alpha value is -3.00. The van der Waals surface area contributed by atoms with E-state index in [2.05, 4.69) is 6.58 Å². The molecule has 0 heterocycles. The number of hydrogen-bond acceptors (Lipinski definition) is 4. The summed E-state index contributed by atoms with van der Waals surface area (Å²) in [4.78, 5) is 11.6. The molecule has 0 spiro atoms. The van der Waals surface area contributed by atoms with Crippen molar-refractivity contribution in [1.29, 1.82) is 0 Å². The van der Waals surface area contributed by atoms with E-state index in [-0.39, 0.29) is 0 Å². The molecule has 0 aromatic heterocycles. The monoisotopic (exact) mass is 507 g/mol. The van der Waals surface area contributed by atoms with Crippen molar-refractivity contribution in [2.75, 3.05) is 14.2 Å². The molecular weight excluding hydrogens is 471 g/mol. The Morgan fingerprint density at radius 1 is 1.03 bits per heavy atom. The molecular formula is C28H36F3NO4. The summed E-state index contributed by atoms with van der Waals surface area (Å²) in [5.74, 6) is -0.458. The molecule has 2 aromatic carbocycles. The van der Waals surface area contributed by atoms with Gasteiger partial charge >= 0.3 is 12.1 Å². The second-order valence-corrected chi connectivity index (χ2v) is 9.15. The fraction of sp³-hybridized carbons (Fsp3) is 0.464. The van der Waals surface area contributed by atoms with Gasteiger partial charge in [0.1, 0.15) is 17.6 Å². The highest BCUT2D eigenvalue weighted by molar-refractivity contribution is 5.82. The van der Waals surface area contributed by atoms with Gasteiger partial charge < -0.3 is 19.5 Å². The van der Waals surface area contributed by atoms with E-state index in [0.29, 0.717) is 18.4 Å². The van der Waals surface area contributed by atoms with Crippen LogP contribution >= 0.6 is 0 Å². The number of ether oxygens (including phenoxy) is 3. The average Bonchev–Trinajstić information content (AvgIpc) is 2.84. The van der Waals surface area contributed by atoms with Crippen LogP contribution in [0, 0.1) is 20.8 Å². The Morgan fingerprint density at radius 2 is 1.58 bits per heavy atom. The van der Waals surface area contributed by atoms with Crippen molar-refractivity contribution in [3.63, 3.8) is 0 Å². The predicted octanol–water partition coefficient (Wildman–Crippen LogP) is 6.33. The van der Waals surface area contributed by atoms with Crippen LogP contribution in [0.5, 0.6) is 11.5 Å². The SMILES string of the molecule is C=C[C@](C)(CCc1c(C)c(OC)c(C)c(C)c1OC)O[C@H](c1ccccc1)[C@@H](C)NC(=O)C(F)(F)F. The van der Waals surface area contributed by atoms with E-state index < -0.39 is 29.8 Å². The van der Waals surface area contributed by atoms with Gasteiger partial charge in [-0.1, -0.05) is 36.4 Å². The van der Waals surface area contributed by atoms with Gasteiger partial charge in [0.15, 0.2) is 0 Å². The average molecular weight is 508 g/mol. The molecule has 0 unspecified atom stereocenters. The van der Waals surface area contributed by atoms with Crippen molar-refractivity contribution < 1.29 is 32.2 Å². The number of carbonyl (C=O) groups excluding carboxylic acids is 1. The minimum Gasteiger partial charge on any atom is -0.496 e. The van der Waals surface area contributed by atoms with Crippen molar-refractivity contribution in [1.82, 2.24) is 5.32 Å². The fourth-order valence-electron chi connectivity index (χ4n) is 4.38. The lowest BCUT2D eigenvalue weighted by Gasteiger charge is -2.35. The van der Waals surface area contributed by atoms with E-state index in [9.17, 15) is 18.0 Å². The molecule has 8 heteroatoms. The molecule has 0 saturated heterocycles. The first-order valence-electron chi connectivity index (χ1n) is 11.7. The van der Waals surface area contributed by atoms with Gasteiger partial charge in [-0.2, -0.15) is 13.2 Å². The third kappa shape index (κ3) is 6.60. The molecule has 198 valence electrons. The first kappa shape index (κ1) is 29.2. The Balaban J connectivity index is 2.39. The molecule has 3 atom stereocenters. The molecule has 36 heavy (non-hydrogen) atoms. The normalized spacial score (nSPS) is 14.9. The maximum atomic E-state index is 12.9. The maximum absolute atomic E-state index is 12.9. The number of alkyl halides is 3. The van der Waals surface area contributed by atoms with Gasteiger partial charge in [0.05, 0.1) is 25.9 Å². The Labute approximate surface area is 211 Å². The van der Waals surface area contributed by atoms with Crippen molar-refractivity contribution in [2.24, 2.45) is 0 Å². The second-order valence-electron chi connectivity index (χ2n) is 9.15. The van der Waals surface area contributed by atoms with E-state index in [1.165, 1.54) is 6.92 Å². The van der Waals surface area contributed by atoms with Crippen molar-refractivity contribution in [2.45, 2.75) is 71.4 Å². The lowest BCUT2D eigenvalue weighted by atomic mass is 9.90. The number of amides is 1. The van der Waals surface area contributed by atoms with Gasteiger partial charge in [0, 0.05) is 5.56 Å². The topological polar surface area (TPSA) is 56.8 Å². The first-order chi connectivity index (χ1) is 16.8. The predicted molar refractivity (Wildman–Crippen MR) is 135 cm³/mol. The number of rotatable bonds is 11. The lowest BCUT2D eigenvalue weighted by molar-refractivity contribution is -0.176. The van der Waals surface area contributed by atoms with Crippen LogP contribution in [0.2, 0.25) is 0 Å². The van der Waals surface area contributed by atoms with Crippen LogP contribution in [-0.4, -0.2) is 37.9 Å². The number of benzene rings is 2. The zero-order valence-corrected chi connectivity index (χ0v) is 22.0. The highest BCUT2D eigenvalue weighted by atomic mass is 19.4. The van der Waals surface area contributed by atoms with Gasteiger partial charge in [0.25, 0.3) is 0 Å². The van der Waals surface area contributed by atoms with Crippen LogP contribution in [0.1, 0.15) is 54.2 Å². The quantitative estimate of drug-likeness (QED) is 0.361. The molecule has 1 amide bonds. The maximum Gasteiger partial charge on any atom is 0.471 e. The van der Waals surface area contributed by atoms with E-state index in [4.69, 9.17) is 14.2 Å². The third-order valence-electron chi connectivity index (χ3n) is 6.62. The van der Waals surface area contributed by atoms with Crippen LogP contribution < -0.4 is 14.8 Å². The summed E-state index contributed by atoms with van der Waals surface area (Å²) in [5.41, 5.74) is 3.60. The summed E-state index contributed by atoms with van der Waals surface area (Å²) < 4.78 is 56.6. The minimum absolute atomic E-state index is 0.461. The molecule has 0 bridgehead atoms. The number of carbonyl (C=O) groups is 1. The van der Waals surface area contributed by atoms with E-state index in [1.54, 1.807) is 50.6 Å². The van der Waals surface area contributed by atoms with Gasteiger partial charge in [-0.25, -0.2) is 0 Å². The lowest BCUT2D eigenvalue weighted by Crippen LogP contribution is -2.46. The van der Waals surface area contributed by atoms with Gasteiger partial charge in [-0.15, -0.1) is 6.58 Å². The molecule has 1 N–H and O–H groups in total. The van der Waals surface area contributed by atoms with E-state index in [0.717, 1.165) is 33.8 Å². The second kappa shape index (κ2) is 11.8. The first-order valence-corrected chi connectivity index (χ1v) is 11.7. The molecule has 2 rings (SSSR count). The summed E-state index contributed by atoms with van der Waals surface area (Å²) in [7, 11) is 3.25. The number of halogens is 3. The number of methoxy groups -OCH3 is 2. The van der Waals surface area contributed by atoms with E-state index >= 15 is 0 Å². The van der Waals surface area contributed by atoms with E-state index in [1.807, 2.05) is 33.0 Å². The van der Waals surface area contributed by atoms with Gasteiger partial charge in [0.2, 0.25) is 0 Å². The molecule has 0 fully saturated rings. The summed E-state index contributed by atoms with van der Waals surface area (Å²) >= 11 is 0. The van der Waals surface area contributed by atoms with Crippen LogP contribution in [0.3, 0.4) is 0 Å². The molecule has 0 aliphatic heterocycles. The smallest absolute Gasteiger partial charge is 0.471 e. The highest BCUT2D eigenvalue weighted by Gasteiger charge is 2.41. The summed E-state index contributed by atoms with van der Waals surface area (Å²) in [6, 6.07) is 7.89. The molecule has 0 radical (unpaired) electrons. The third-order valence-corrected chi connectivity index (χ3v) is 6.62. The fourth-order valence-corrected chi connectivity index (χ4v) is 4.38. The minimum atomic E-state index is -4.99. The summed E-state index contributed by atoms with van der Waals surface area (Å²) in [6.45, 7) is 13.2. The number of hydrogen-bond donors (Lipinski definition) is 1. The zero-order chi connectivity index (χ0) is 27.3. The van der Waals surface area contributed by atoms with Crippen LogP contribution in [0.25, 0.3) is 0 Å². The molecule has 0 aliphatic carbocycles. The van der Waals surface area contributed by atoms with Crippen molar-refractivity contribution in [3.05, 3.63) is 70.8 Å². The Morgan fingerprint density at radius 3 is 2.08 bits per heavy atom. The Bertz CT molecular complexity index is 1070. The largest absolute Gasteiger partial charge is 0.496 e.